The second-order valence-electron chi connectivity index (χ2n) is 3.87. The van der Waals surface area contributed by atoms with Crippen molar-refractivity contribution < 1.29 is 14.3 Å². The van der Waals surface area contributed by atoms with E-state index in [2.05, 4.69) is 0 Å². The predicted octanol–water partition coefficient (Wildman–Crippen LogP) is 3.73. The van der Waals surface area contributed by atoms with Crippen LogP contribution in [-0.2, 0) is 4.79 Å². The fourth-order valence-electron chi connectivity index (χ4n) is 1.61. The molecule has 0 heterocycles. The molecule has 0 saturated heterocycles. The Hall–Kier alpha value is -1.38. The Balaban J connectivity index is 2.16. The quantitative estimate of drug-likeness (QED) is 0.716. The highest BCUT2D eigenvalue weighted by Crippen LogP contribution is 2.23. The van der Waals surface area contributed by atoms with Gasteiger partial charge in [-0.3, -0.25) is 4.79 Å². The number of unbranched alkanes of at least 4 members (excludes halogenated alkanes) is 2. The first-order valence-corrected chi connectivity index (χ1v) is 5.61. The highest BCUT2D eigenvalue weighted by atomic mass is 19.1. The number of carbonyl (C=O) groups is 1. The fraction of sp³-hybridized carbons (Fsp3) is 0.462. The molecule has 0 aromatic heterocycles. The molecule has 0 bridgehead atoms. The Bertz CT molecular complexity index is 311. The molecule has 0 aliphatic carbocycles. The molecule has 3 heteroatoms. The number of benzene rings is 1. The third-order valence-electron chi connectivity index (χ3n) is 2.51. The first-order chi connectivity index (χ1) is 7.70. The van der Waals surface area contributed by atoms with Crippen molar-refractivity contribution in [3.05, 3.63) is 35.9 Å². The van der Waals surface area contributed by atoms with Crippen molar-refractivity contribution in [1.82, 2.24) is 0 Å². The Labute approximate surface area is 95.1 Å². The van der Waals surface area contributed by atoms with Crippen LogP contribution < -0.4 is 0 Å². The highest BCUT2D eigenvalue weighted by Gasteiger charge is 2.08. The summed E-state index contributed by atoms with van der Waals surface area (Å²) in [7, 11) is 0. The van der Waals surface area contributed by atoms with Crippen LogP contribution in [0.25, 0.3) is 0 Å². The van der Waals surface area contributed by atoms with Gasteiger partial charge < -0.3 is 5.11 Å². The average molecular weight is 224 g/mol. The molecule has 0 fully saturated rings. The number of halogens is 1. The van der Waals surface area contributed by atoms with E-state index in [1.54, 1.807) is 12.1 Å². The summed E-state index contributed by atoms with van der Waals surface area (Å²) in [6.45, 7) is 0. The molecule has 1 aromatic rings. The van der Waals surface area contributed by atoms with Crippen LogP contribution >= 0.6 is 0 Å². The lowest BCUT2D eigenvalue weighted by molar-refractivity contribution is -0.137. The third kappa shape index (κ3) is 4.91. The molecular formula is C13H17FO2. The molecule has 1 unspecified atom stereocenters. The molecule has 88 valence electrons. The zero-order chi connectivity index (χ0) is 11.8. The largest absolute Gasteiger partial charge is 0.481 e. The normalized spacial score (nSPS) is 12.3. The van der Waals surface area contributed by atoms with Crippen LogP contribution in [0.5, 0.6) is 0 Å². The van der Waals surface area contributed by atoms with Gasteiger partial charge in [0.2, 0.25) is 0 Å². The maximum atomic E-state index is 13.6. The van der Waals surface area contributed by atoms with Gasteiger partial charge in [0.1, 0.15) is 6.17 Å². The lowest BCUT2D eigenvalue weighted by Crippen LogP contribution is -1.95. The summed E-state index contributed by atoms with van der Waals surface area (Å²) in [5.41, 5.74) is 0.709. The van der Waals surface area contributed by atoms with Crippen molar-refractivity contribution in [2.24, 2.45) is 0 Å². The van der Waals surface area contributed by atoms with Gasteiger partial charge in [0.15, 0.2) is 0 Å². The molecule has 0 radical (unpaired) electrons. The summed E-state index contributed by atoms with van der Waals surface area (Å²) in [5, 5.41) is 8.43. The SMILES string of the molecule is O=C(O)CCCCCC(F)c1ccccc1. The zero-order valence-electron chi connectivity index (χ0n) is 9.23. The smallest absolute Gasteiger partial charge is 0.303 e. The van der Waals surface area contributed by atoms with Gasteiger partial charge in [0, 0.05) is 6.42 Å². The minimum absolute atomic E-state index is 0.183. The van der Waals surface area contributed by atoms with E-state index in [0.717, 1.165) is 12.8 Å². The monoisotopic (exact) mass is 224 g/mol. The van der Waals surface area contributed by atoms with Crippen molar-refractivity contribution in [3.8, 4) is 0 Å². The Kier molecular flexibility index (Phi) is 5.54. The van der Waals surface area contributed by atoms with Crippen LogP contribution in [0.3, 0.4) is 0 Å². The standard InChI is InChI=1S/C13H17FO2/c14-12(11-7-3-1-4-8-11)9-5-2-6-10-13(15)16/h1,3-4,7-8,12H,2,5-6,9-10H2,(H,15,16). The van der Waals surface area contributed by atoms with Gasteiger partial charge >= 0.3 is 5.97 Å². The Morgan fingerprint density at radius 3 is 2.50 bits per heavy atom. The van der Waals surface area contributed by atoms with E-state index in [0.29, 0.717) is 18.4 Å². The van der Waals surface area contributed by atoms with Crippen LogP contribution in [0.1, 0.15) is 43.8 Å². The topological polar surface area (TPSA) is 37.3 Å². The molecule has 16 heavy (non-hydrogen) atoms. The molecule has 1 atom stereocenters. The van der Waals surface area contributed by atoms with Crippen LogP contribution in [0, 0.1) is 0 Å². The van der Waals surface area contributed by atoms with Crippen LogP contribution in [0.4, 0.5) is 4.39 Å². The van der Waals surface area contributed by atoms with E-state index in [9.17, 15) is 9.18 Å². The maximum absolute atomic E-state index is 13.6. The molecule has 0 aliphatic heterocycles. The molecule has 0 spiro atoms. The molecule has 0 aliphatic rings. The lowest BCUT2D eigenvalue weighted by atomic mass is 10.0. The summed E-state index contributed by atoms with van der Waals surface area (Å²) in [6, 6.07) is 9.07. The van der Waals surface area contributed by atoms with Gasteiger partial charge in [0.25, 0.3) is 0 Å². The van der Waals surface area contributed by atoms with Crippen molar-refractivity contribution in [1.29, 1.82) is 0 Å². The number of carboxylic acid groups (broad SMARTS) is 1. The van der Waals surface area contributed by atoms with Crippen molar-refractivity contribution in [2.75, 3.05) is 0 Å². The van der Waals surface area contributed by atoms with Gasteiger partial charge in [-0.05, 0) is 18.4 Å². The first kappa shape index (κ1) is 12.7. The summed E-state index contributed by atoms with van der Waals surface area (Å²) in [4.78, 5) is 10.2. The number of aliphatic carboxylic acids is 1. The molecule has 1 N–H and O–H groups in total. The number of hydrogen-bond donors (Lipinski definition) is 1. The molecular weight excluding hydrogens is 207 g/mol. The van der Waals surface area contributed by atoms with E-state index in [-0.39, 0.29) is 6.42 Å². The minimum atomic E-state index is -0.925. The average Bonchev–Trinajstić information content (AvgIpc) is 2.29. The number of alkyl halides is 1. The van der Waals surface area contributed by atoms with Crippen molar-refractivity contribution in [2.45, 2.75) is 38.3 Å². The van der Waals surface area contributed by atoms with Crippen LogP contribution in [0.2, 0.25) is 0 Å². The molecule has 0 saturated carbocycles. The highest BCUT2D eigenvalue weighted by molar-refractivity contribution is 5.66. The van der Waals surface area contributed by atoms with E-state index in [1.807, 2.05) is 18.2 Å². The van der Waals surface area contributed by atoms with E-state index in [4.69, 9.17) is 5.11 Å². The summed E-state index contributed by atoms with van der Waals surface area (Å²) < 4.78 is 13.6. The Morgan fingerprint density at radius 2 is 1.88 bits per heavy atom. The van der Waals surface area contributed by atoms with Crippen LogP contribution in [-0.4, -0.2) is 11.1 Å². The maximum Gasteiger partial charge on any atom is 0.303 e. The van der Waals surface area contributed by atoms with E-state index < -0.39 is 12.1 Å². The number of carboxylic acids is 1. The van der Waals surface area contributed by atoms with Crippen molar-refractivity contribution in [3.63, 3.8) is 0 Å². The number of rotatable bonds is 7. The summed E-state index contributed by atoms with van der Waals surface area (Å²) in [6.07, 6.45) is 1.89. The first-order valence-electron chi connectivity index (χ1n) is 5.61. The minimum Gasteiger partial charge on any atom is -0.481 e. The summed E-state index contributed by atoms with van der Waals surface area (Å²) >= 11 is 0. The predicted molar refractivity (Wildman–Crippen MR) is 61.0 cm³/mol. The van der Waals surface area contributed by atoms with Crippen LogP contribution in [0.15, 0.2) is 30.3 Å². The number of hydrogen-bond acceptors (Lipinski definition) is 1. The second-order valence-corrected chi connectivity index (χ2v) is 3.87. The van der Waals surface area contributed by atoms with Gasteiger partial charge in [-0.2, -0.15) is 0 Å². The van der Waals surface area contributed by atoms with E-state index in [1.165, 1.54) is 0 Å². The molecule has 1 aromatic carbocycles. The van der Waals surface area contributed by atoms with Gasteiger partial charge in [-0.1, -0.05) is 43.2 Å². The van der Waals surface area contributed by atoms with Crippen molar-refractivity contribution >= 4 is 5.97 Å². The molecule has 2 nitrogen and oxygen atoms in total. The van der Waals surface area contributed by atoms with E-state index >= 15 is 0 Å². The van der Waals surface area contributed by atoms with Gasteiger partial charge in [0.05, 0.1) is 0 Å². The van der Waals surface area contributed by atoms with Gasteiger partial charge in [-0.25, -0.2) is 4.39 Å². The molecule has 0 amide bonds. The summed E-state index contributed by atoms with van der Waals surface area (Å²) in [5.74, 6) is -0.778. The zero-order valence-corrected chi connectivity index (χ0v) is 9.23. The second kappa shape index (κ2) is 6.99. The third-order valence-corrected chi connectivity index (χ3v) is 2.51. The van der Waals surface area contributed by atoms with Gasteiger partial charge in [-0.15, -0.1) is 0 Å². The lowest BCUT2D eigenvalue weighted by Gasteiger charge is -2.07. The Morgan fingerprint density at radius 1 is 1.19 bits per heavy atom. The fourth-order valence-corrected chi connectivity index (χ4v) is 1.61. The molecule has 1 rings (SSSR count).